The van der Waals surface area contributed by atoms with Crippen molar-refractivity contribution >= 4 is 67.4 Å². The summed E-state index contributed by atoms with van der Waals surface area (Å²) in [6.45, 7) is 21.2. The molecule has 0 unspecified atom stereocenters. The SMILES string of the molecule is C=C/C=C\N(C)CN1Cc2cccc(C)c2-c2cc(-c3ccc4c(c3)c3c(n4/C(=C/C=C/c4ccc5c(c4C)c4cc(/C(C)=C/C(=C/C)c6ccccc6[C@H](C)CC)ccc4n5-c4ccccc4)C/C=C\C)C=CC=CC3)ccc21. The quantitative estimate of drug-likeness (QED) is 0.0708. The summed E-state index contributed by atoms with van der Waals surface area (Å²) in [4.78, 5) is 4.71. The van der Waals surface area contributed by atoms with Gasteiger partial charge in [-0.1, -0.05) is 166 Å². The van der Waals surface area contributed by atoms with E-state index < -0.39 is 0 Å². The molecule has 0 spiro atoms. The summed E-state index contributed by atoms with van der Waals surface area (Å²) in [7, 11) is 2.13. The second-order valence-electron chi connectivity index (χ2n) is 21.8. The molecule has 2 aromatic heterocycles. The molecule has 3 heterocycles. The van der Waals surface area contributed by atoms with Gasteiger partial charge in [0.15, 0.2) is 0 Å². The summed E-state index contributed by atoms with van der Waals surface area (Å²) >= 11 is 0. The van der Waals surface area contributed by atoms with Crippen LogP contribution in [-0.4, -0.2) is 27.8 Å². The first-order valence-electron chi connectivity index (χ1n) is 28.6. The molecule has 0 bridgehead atoms. The molecule has 11 rings (SSSR count). The molecule has 9 aromatic rings. The lowest BCUT2D eigenvalue weighted by molar-refractivity contribution is 0.443. The number of rotatable bonds is 16. The lowest BCUT2D eigenvalue weighted by Gasteiger charge is -2.36. The fraction of sp³-hybridized carbons (Fsp3) is 0.184. The van der Waals surface area contributed by atoms with Gasteiger partial charge in [-0.25, -0.2) is 0 Å². The molecule has 0 saturated carbocycles. The van der Waals surface area contributed by atoms with Crippen molar-refractivity contribution in [2.45, 2.75) is 80.2 Å². The van der Waals surface area contributed by atoms with Crippen LogP contribution in [0.25, 0.3) is 89.6 Å². The van der Waals surface area contributed by atoms with Crippen LogP contribution in [0, 0.1) is 13.8 Å². The highest BCUT2D eigenvalue weighted by atomic mass is 15.3. The molecule has 1 atom stereocenters. The Kier molecular flexibility index (Phi) is 15.4. The molecule has 0 N–H and O–H groups in total. The van der Waals surface area contributed by atoms with Gasteiger partial charge in [-0.05, 0) is 199 Å². The zero-order valence-electron chi connectivity index (χ0n) is 48.0. The zero-order valence-corrected chi connectivity index (χ0v) is 48.0. The van der Waals surface area contributed by atoms with Gasteiger partial charge in [0.2, 0.25) is 0 Å². The van der Waals surface area contributed by atoms with Crippen LogP contribution in [0.1, 0.15) is 104 Å². The molecule has 4 nitrogen and oxygen atoms in total. The van der Waals surface area contributed by atoms with Gasteiger partial charge < -0.3 is 18.9 Å². The largest absolute Gasteiger partial charge is 0.363 e. The van der Waals surface area contributed by atoms with E-state index in [1.165, 1.54) is 128 Å². The van der Waals surface area contributed by atoms with Crippen LogP contribution < -0.4 is 4.90 Å². The number of para-hydroxylation sites is 1. The second kappa shape index (κ2) is 23.2. The van der Waals surface area contributed by atoms with Gasteiger partial charge in [0.25, 0.3) is 0 Å². The highest BCUT2D eigenvalue weighted by Gasteiger charge is 2.26. The Morgan fingerprint density at radius 2 is 1.57 bits per heavy atom. The number of nitrogens with zero attached hydrogens (tertiary/aromatic N) is 4. The van der Waals surface area contributed by atoms with Gasteiger partial charge in [-0.2, -0.15) is 0 Å². The number of allylic oxidation sites excluding steroid dienone is 14. The topological polar surface area (TPSA) is 16.3 Å². The molecule has 0 amide bonds. The van der Waals surface area contributed by atoms with Crippen molar-refractivity contribution in [2.24, 2.45) is 0 Å². The average Bonchev–Trinajstić information content (AvgIpc) is 4.08. The standard InChI is InChI=1S/C76H74N4/c1-10-14-29-62(79-71-36-21-17-20-35-66(71)67-48-59(40-43-72(67)79)60-39-41-70-68(49-60)75-53(6)26-24-28-61(75)50-78(70)51-77(9)45-15-11-2)32-25-27-57-37-44-74-76(55(57)8)69-47-58(38-42-73(69)80(74)63-30-18-16-19-31-63)54(7)46-56(13-4)65-34-23-22-33-64(65)52(5)12-3/h10-11,13-28,30-34,36-49,52H,2,12,29,35,50-51H2,1,3-9H3/b14-10-,27-25+,45-15-,54-46+,56-13-,62-32+/t52-/m1/s1. The summed E-state index contributed by atoms with van der Waals surface area (Å²) in [5.74, 6) is 0.483. The van der Waals surface area contributed by atoms with Crippen LogP contribution in [-0.2, 0) is 13.0 Å². The van der Waals surface area contributed by atoms with Gasteiger partial charge in [0.1, 0.15) is 0 Å². The normalized spacial score (nSPS) is 14.2. The number of anilines is 1. The van der Waals surface area contributed by atoms with E-state index in [0.29, 0.717) is 5.92 Å². The van der Waals surface area contributed by atoms with Crippen LogP contribution in [0.15, 0.2) is 219 Å². The Bertz CT molecular complexity index is 4100. The summed E-state index contributed by atoms with van der Waals surface area (Å²) < 4.78 is 4.94. The predicted molar refractivity (Wildman–Crippen MR) is 348 cm³/mol. The molecule has 398 valence electrons. The highest BCUT2D eigenvalue weighted by molar-refractivity contribution is 6.12. The molecule has 0 saturated heterocycles. The average molecular weight is 1040 g/mol. The molecule has 4 heteroatoms. The fourth-order valence-electron chi connectivity index (χ4n) is 12.4. The van der Waals surface area contributed by atoms with Gasteiger partial charge in [-0.15, -0.1) is 0 Å². The maximum atomic E-state index is 3.89. The Labute approximate surface area is 475 Å². The smallest absolute Gasteiger partial charge is 0.0898 e. The van der Waals surface area contributed by atoms with E-state index in [1.807, 2.05) is 12.2 Å². The van der Waals surface area contributed by atoms with Crippen LogP contribution in [0.5, 0.6) is 0 Å². The van der Waals surface area contributed by atoms with E-state index in [4.69, 9.17) is 0 Å². The number of aromatic nitrogens is 2. The summed E-state index contributed by atoms with van der Waals surface area (Å²) in [5, 5.41) is 3.82. The van der Waals surface area contributed by atoms with Crippen molar-refractivity contribution in [3.63, 3.8) is 0 Å². The number of hydrogen-bond donors (Lipinski definition) is 0. The Balaban J connectivity index is 0.987. The van der Waals surface area contributed by atoms with Crippen molar-refractivity contribution in [1.29, 1.82) is 0 Å². The third kappa shape index (κ3) is 10.1. The lowest BCUT2D eigenvalue weighted by Crippen LogP contribution is -2.35. The minimum atomic E-state index is 0.483. The van der Waals surface area contributed by atoms with Crippen molar-refractivity contribution in [3.8, 4) is 27.9 Å². The molecule has 7 aromatic carbocycles. The molecular weight excluding hydrogens is 969 g/mol. The van der Waals surface area contributed by atoms with Crippen LogP contribution in [0.4, 0.5) is 5.69 Å². The van der Waals surface area contributed by atoms with Gasteiger partial charge in [0.05, 0.1) is 28.9 Å². The second-order valence-corrected chi connectivity index (χ2v) is 21.8. The lowest BCUT2D eigenvalue weighted by atomic mass is 9.88. The van der Waals surface area contributed by atoms with Crippen molar-refractivity contribution in [3.05, 3.63) is 269 Å². The maximum absolute atomic E-state index is 3.89. The number of benzene rings is 7. The number of aryl methyl sites for hydroxylation is 2. The minimum Gasteiger partial charge on any atom is -0.363 e. The number of fused-ring (bicyclic) bond motifs is 9. The molecule has 0 fully saturated rings. The van der Waals surface area contributed by atoms with E-state index in [-0.39, 0.29) is 0 Å². The van der Waals surface area contributed by atoms with E-state index in [2.05, 4.69) is 294 Å². The Hall–Kier alpha value is -8.86. The maximum Gasteiger partial charge on any atom is 0.0898 e. The van der Waals surface area contributed by atoms with Crippen molar-refractivity contribution in [1.82, 2.24) is 14.0 Å². The summed E-state index contributed by atoms with van der Waals surface area (Å²) in [6, 6.07) is 52.3. The molecule has 80 heavy (non-hydrogen) atoms. The van der Waals surface area contributed by atoms with Crippen LogP contribution in [0.2, 0.25) is 0 Å². The monoisotopic (exact) mass is 1040 g/mol. The first kappa shape index (κ1) is 53.2. The third-order valence-electron chi connectivity index (χ3n) is 16.7. The first-order chi connectivity index (χ1) is 39.1. The summed E-state index contributed by atoms with van der Waals surface area (Å²) in [6.07, 6.45) is 33.7. The summed E-state index contributed by atoms with van der Waals surface area (Å²) in [5.41, 5.74) is 26.5. The number of hydrogen-bond acceptors (Lipinski definition) is 2. The van der Waals surface area contributed by atoms with E-state index in [9.17, 15) is 0 Å². The molecule has 0 radical (unpaired) electrons. The Morgan fingerprint density at radius 1 is 0.787 bits per heavy atom. The molecule has 1 aliphatic heterocycles. The van der Waals surface area contributed by atoms with Gasteiger partial charge in [-0.3, -0.25) is 0 Å². The van der Waals surface area contributed by atoms with Crippen molar-refractivity contribution in [2.75, 3.05) is 18.6 Å². The highest BCUT2D eigenvalue weighted by Crippen LogP contribution is 2.45. The van der Waals surface area contributed by atoms with Crippen molar-refractivity contribution < 1.29 is 0 Å². The van der Waals surface area contributed by atoms with Crippen LogP contribution >= 0.6 is 0 Å². The molecule has 1 aliphatic carbocycles. The van der Waals surface area contributed by atoms with Crippen LogP contribution in [0.3, 0.4) is 0 Å². The van der Waals surface area contributed by atoms with E-state index in [1.54, 1.807) is 0 Å². The first-order valence-corrected chi connectivity index (χ1v) is 28.6. The van der Waals surface area contributed by atoms with Gasteiger partial charge >= 0.3 is 0 Å². The molecule has 2 aliphatic rings. The molecular formula is C76H74N4. The van der Waals surface area contributed by atoms with E-state index >= 15 is 0 Å². The fourth-order valence-corrected chi connectivity index (χ4v) is 12.4. The van der Waals surface area contributed by atoms with Gasteiger partial charge in [0, 0.05) is 65.0 Å². The third-order valence-corrected chi connectivity index (χ3v) is 16.7. The van der Waals surface area contributed by atoms with E-state index in [0.717, 1.165) is 38.2 Å². The Morgan fingerprint density at radius 3 is 2.39 bits per heavy atom. The zero-order chi connectivity index (χ0) is 55.4. The minimum absolute atomic E-state index is 0.483. The predicted octanol–water partition coefficient (Wildman–Crippen LogP) is 20.3.